The second-order valence-electron chi connectivity index (χ2n) is 8.56. The number of aromatic nitrogens is 2. The van der Waals surface area contributed by atoms with Gasteiger partial charge in [-0.15, -0.1) is 0 Å². The number of nitrogens with zero attached hydrogens (tertiary/aromatic N) is 2. The van der Waals surface area contributed by atoms with Crippen molar-refractivity contribution in [2.45, 2.75) is 38.6 Å². The third-order valence-corrected chi connectivity index (χ3v) is 6.22. The summed E-state index contributed by atoms with van der Waals surface area (Å²) < 4.78 is 16.2. The second kappa shape index (κ2) is 7.54. The van der Waals surface area contributed by atoms with Crippen LogP contribution >= 0.6 is 0 Å². The Hall–Kier alpha value is -4.01. The van der Waals surface area contributed by atoms with Gasteiger partial charge in [0, 0.05) is 16.9 Å². The Morgan fingerprint density at radius 2 is 2.00 bits per heavy atom. The van der Waals surface area contributed by atoms with E-state index >= 15 is 0 Å². The zero-order valence-corrected chi connectivity index (χ0v) is 18.2. The van der Waals surface area contributed by atoms with Crippen LogP contribution in [-0.4, -0.2) is 27.6 Å². The number of rotatable bonds is 4. The van der Waals surface area contributed by atoms with E-state index in [2.05, 4.69) is 21.0 Å². The average molecular weight is 447 g/mol. The zero-order valence-electron chi connectivity index (χ0n) is 18.2. The number of anilines is 1. The van der Waals surface area contributed by atoms with Gasteiger partial charge in [-0.1, -0.05) is 18.2 Å². The van der Waals surface area contributed by atoms with E-state index in [9.17, 15) is 18.8 Å². The van der Waals surface area contributed by atoms with E-state index in [1.807, 2.05) is 13.0 Å². The van der Waals surface area contributed by atoms with Crippen molar-refractivity contribution in [2.75, 3.05) is 5.32 Å². The standard InChI is InChI=1S/C24H22FN5O3/c1-13-9-10-19(17(25)11-13)30-18-8-4-7-16(18)20(29-30)21(31)26-15-6-3-5-14(12-15)24(2)22(32)27-23(33)28-24/h3,5-6,9-12H,4,7-8H2,1-2H3,(H,26,31)(H2,27,28,32,33). The summed E-state index contributed by atoms with van der Waals surface area (Å²) in [5.74, 6) is -1.27. The molecule has 2 heterocycles. The average Bonchev–Trinajstić information content (AvgIpc) is 3.43. The van der Waals surface area contributed by atoms with Crippen molar-refractivity contribution in [3.05, 3.63) is 76.4 Å². The molecule has 1 saturated heterocycles. The van der Waals surface area contributed by atoms with Crippen LogP contribution in [0.2, 0.25) is 0 Å². The molecule has 1 unspecified atom stereocenters. The van der Waals surface area contributed by atoms with Gasteiger partial charge in [0.15, 0.2) is 5.69 Å². The van der Waals surface area contributed by atoms with Crippen LogP contribution in [0.1, 0.15) is 46.2 Å². The van der Waals surface area contributed by atoms with Crippen molar-refractivity contribution in [3.8, 4) is 5.69 Å². The summed E-state index contributed by atoms with van der Waals surface area (Å²) >= 11 is 0. The van der Waals surface area contributed by atoms with Crippen molar-refractivity contribution in [2.24, 2.45) is 0 Å². The highest BCUT2D eigenvalue weighted by Gasteiger charge is 2.43. The molecule has 5 rings (SSSR count). The summed E-state index contributed by atoms with van der Waals surface area (Å²) in [6, 6.07) is 11.1. The Labute approximate surface area is 189 Å². The lowest BCUT2D eigenvalue weighted by molar-refractivity contribution is -0.123. The zero-order chi connectivity index (χ0) is 23.3. The van der Waals surface area contributed by atoms with Gasteiger partial charge in [0.2, 0.25) is 0 Å². The number of hydrogen-bond donors (Lipinski definition) is 3. The number of carbonyl (C=O) groups is 3. The van der Waals surface area contributed by atoms with Crippen LogP contribution in [0.3, 0.4) is 0 Å². The number of carbonyl (C=O) groups excluding carboxylic acids is 3. The molecule has 0 saturated carbocycles. The molecule has 1 aliphatic heterocycles. The van der Waals surface area contributed by atoms with Crippen LogP contribution in [0.5, 0.6) is 0 Å². The Kier molecular flexibility index (Phi) is 4.77. The summed E-state index contributed by atoms with van der Waals surface area (Å²) in [6.07, 6.45) is 2.27. The molecular formula is C24H22FN5O3. The maximum atomic E-state index is 14.6. The molecule has 1 fully saturated rings. The molecule has 33 heavy (non-hydrogen) atoms. The highest BCUT2D eigenvalue weighted by atomic mass is 19.1. The number of halogens is 1. The van der Waals surface area contributed by atoms with E-state index in [1.165, 1.54) is 10.7 Å². The normalized spacial score (nSPS) is 19.2. The third kappa shape index (κ3) is 3.45. The van der Waals surface area contributed by atoms with E-state index in [1.54, 1.807) is 37.3 Å². The minimum absolute atomic E-state index is 0.256. The predicted octanol–water partition coefficient (Wildman–Crippen LogP) is 3.12. The van der Waals surface area contributed by atoms with Crippen LogP contribution in [-0.2, 0) is 23.2 Å². The van der Waals surface area contributed by atoms with E-state index < -0.39 is 29.2 Å². The lowest BCUT2D eigenvalue weighted by Gasteiger charge is -2.21. The highest BCUT2D eigenvalue weighted by molar-refractivity contribution is 6.07. The minimum atomic E-state index is -1.23. The summed E-state index contributed by atoms with van der Waals surface area (Å²) in [5, 5.41) is 12.1. The van der Waals surface area contributed by atoms with Gasteiger partial charge < -0.3 is 10.6 Å². The van der Waals surface area contributed by atoms with Gasteiger partial charge in [0.05, 0.1) is 0 Å². The van der Waals surface area contributed by atoms with E-state index in [4.69, 9.17) is 0 Å². The van der Waals surface area contributed by atoms with Crippen LogP contribution in [0.4, 0.5) is 14.9 Å². The molecule has 1 aromatic heterocycles. The minimum Gasteiger partial charge on any atom is -0.321 e. The van der Waals surface area contributed by atoms with E-state index in [-0.39, 0.29) is 5.69 Å². The van der Waals surface area contributed by atoms with Gasteiger partial charge in [-0.2, -0.15) is 5.10 Å². The first kappa shape index (κ1) is 20.9. The molecule has 0 bridgehead atoms. The number of imide groups is 1. The first-order valence-corrected chi connectivity index (χ1v) is 10.7. The summed E-state index contributed by atoms with van der Waals surface area (Å²) in [7, 11) is 0. The molecule has 3 N–H and O–H groups in total. The fourth-order valence-corrected chi connectivity index (χ4v) is 4.45. The molecule has 4 amide bonds. The number of fused-ring (bicyclic) bond motifs is 1. The topological polar surface area (TPSA) is 105 Å². The molecule has 0 radical (unpaired) electrons. The number of amides is 4. The molecule has 8 nitrogen and oxygen atoms in total. The summed E-state index contributed by atoms with van der Waals surface area (Å²) in [6.45, 7) is 3.41. The fourth-order valence-electron chi connectivity index (χ4n) is 4.45. The molecule has 168 valence electrons. The van der Waals surface area contributed by atoms with Crippen LogP contribution in [0.15, 0.2) is 42.5 Å². The summed E-state index contributed by atoms with van der Waals surface area (Å²) in [4.78, 5) is 37.0. The molecule has 2 aromatic carbocycles. The molecular weight excluding hydrogens is 425 g/mol. The SMILES string of the molecule is Cc1ccc(-n2nc(C(=O)Nc3cccc(C4(C)NC(=O)NC4=O)c3)c3c2CCC3)c(F)c1. The molecule has 2 aliphatic rings. The van der Waals surface area contributed by atoms with Crippen LogP contribution < -0.4 is 16.0 Å². The van der Waals surface area contributed by atoms with Gasteiger partial charge >= 0.3 is 6.03 Å². The maximum absolute atomic E-state index is 14.6. The van der Waals surface area contributed by atoms with Gasteiger partial charge in [0.1, 0.15) is 17.0 Å². The number of hydrogen-bond acceptors (Lipinski definition) is 4. The summed E-state index contributed by atoms with van der Waals surface area (Å²) in [5.41, 5.74) is 2.79. The number of aryl methyl sites for hydroxylation is 1. The van der Waals surface area contributed by atoms with E-state index in [0.717, 1.165) is 23.2 Å². The van der Waals surface area contributed by atoms with Crippen molar-refractivity contribution in [3.63, 3.8) is 0 Å². The van der Waals surface area contributed by atoms with Gasteiger partial charge in [-0.3, -0.25) is 14.9 Å². The number of urea groups is 1. The van der Waals surface area contributed by atoms with Crippen molar-refractivity contribution < 1.29 is 18.8 Å². The highest BCUT2D eigenvalue weighted by Crippen LogP contribution is 2.30. The van der Waals surface area contributed by atoms with Gasteiger partial charge in [0.25, 0.3) is 11.8 Å². The van der Waals surface area contributed by atoms with Crippen molar-refractivity contribution >= 4 is 23.5 Å². The van der Waals surface area contributed by atoms with Crippen molar-refractivity contribution in [1.29, 1.82) is 0 Å². The number of nitrogens with one attached hydrogen (secondary N) is 3. The van der Waals surface area contributed by atoms with Crippen LogP contribution in [0.25, 0.3) is 5.69 Å². The monoisotopic (exact) mass is 447 g/mol. The molecule has 1 atom stereocenters. The molecule has 1 aliphatic carbocycles. The molecule has 0 spiro atoms. The largest absolute Gasteiger partial charge is 0.322 e. The lowest BCUT2D eigenvalue weighted by Crippen LogP contribution is -2.40. The second-order valence-corrected chi connectivity index (χ2v) is 8.56. The first-order chi connectivity index (χ1) is 15.8. The fraction of sp³-hybridized carbons (Fsp3) is 0.250. The number of benzene rings is 2. The maximum Gasteiger partial charge on any atom is 0.322 e. The van der Waals surface area contributed by atoms with E-state index in [0.29, 0.717) is 29.8 Å². The quantitative estimate of drug-likeness (QED) is 0.535. The Morgan fingerprint density at radius 1 is 1.18 bits per heavy atom. The molecule has 9 heteroatoms. The Bertz CT molecular complexity index is 1330. The first-order valence-electron chi connectivity index (χ1n) is 10.7. The third-order valence-electron chi connectivity index (χ3n) is 6.22. The Morgan fingerprint density at radius 3 is 2.73 bits per heavy atom. The lowest BCUT2D eigenvalue weighted by atomic mass is 9.92. The van der Waals surface area contributed by atoms with Gasteiger partial charge in [-0.25, -0.2) is 13.9 Å². The molecule has 3 aromatic rings. The Balaban J connectivity index is 1.46. The van der Waals surface area contributed by atoms with Crippen molar-refractivity contribution in [1.82, 2.24) is 20.4 Å². The predicted molar refractivity (Wildman–Crippen MR) is 119 cm³/mol. The van der Waals surface area contributed by atoms with Gasteiger partial charge in [-0.05, 0) is 68.5 Å². The smallest absolute Gasteiger partial charge is 0.321 e. The van der Waals surface area contributed by atoms with Crippen LogP contribution in [0, 0.1) is 12.7 Å².